The smallest absolute Gasteiger partial charge is 0.407 e. The molecule has 1 N–H and O–H groups in total. The van der Waals surface area contributed by atoms with Crippen LogP contribution < -0.4 is 5.32 Å². The Morgan fingerprint density at radius 1 is 1.32 bits per heavy atom. The highest BCUT2D eigenvalue weighted by Crippen LogP contribution is 2.35. The van der Waals surface area contributed by atoms with E-state index in [-0.39, 0.29) is 5.82 Å². The summed E-state index contributed by atoms with van der Waals surface area (Å²) in [4.78, 5) is 11.8. The molecule has 0 saturated carbocycles. The number of hydrogen-bond donors (Lipinski definition) is 1. The van der Waals surface area contributed by atoms with Crippen molar-refractivity contribution in [2.45, 2.75) is 58.6 Å². The summed E-state index contributed by atoms with van der Waals surface area (Å²) in [6.45, 7) is 6.42. The molecule has 1 amide bonds. The fourth-order valence-corrected chi connectivity index (χ4v) is 3.94. The first-order valence-corrected chi connectivity index (χ1v) is 9.51. The molecule has 0 atom stereocenters. The van der Waals surface area contributed by atoms with Gasteiger partial charge in [-0.3, -0.25) is 0 Å². The molecule has 1 aliphatic rings. The highest BCUT2D eigenvalue weighted by Gasteiger charge is 2.23. The lowest BCUT2D eigenvalue weighted by molar-refractivity contribution is 0.0526. The summed E-state index contributed by atoms with van der Waals surface area (Å²) in [7, 11) is 0. The molecular weight excluding hydrogens is 387 g/mol. The second-order valence-electron chi connectivity index (χ2n) is 7.50. The van der Waals surface area contributed by atoms with Crippen LogP contribution in [-0.2, 0) is 24.1 Å². The van der Waals surface area contributed by atoms with Crippen molar-refractivity contribution in [1.29, 1.82) is 0 Å². The van der Waals surface area contributed by atoms with Crippen molar-refractivity contribution in [1.82, 2.24) is 9.88 Å². The summed E-state index contributed by atoms with van der Waals surface area (Å²) >= 11 is 3.40. The highest BCUT2D eigenvalue weighted by molar-refractivity contribution is 9.10. The molecule has 1 aromatic carbocycles. The van der Waals surface area contributed by atoms with Crippen molar-refractivity contribution >= 4 is 32.9 Å². The third-order valence-electron chi connectivity index (χ3n) is 4.39. The molecule has 2 aromatic rings. The van der Waals surface area contributed by atoms with Gasteiger partial charge in [-0.2, -0.15) is 0 Å². The zero-order valence-corrected chi connectivity index (χ0v) is 16.5. The van der Waals surface area contributed by atoms with E-state index in [1.54, 1.807) is 0 Å². The summed E-state index contributed by atoms with van der Waals surface area (Å²) < 4.78 is 22.7. The van der Waals surface area contributed by atoms with Crippen LogP contribution >= 0.6 is 15.9 Å². The Kier molecular flexibility index (Phi) is 5.09. The lowest BCUT2D eigenvalue weighted by Crippen LogP contribution is -2.34. The quantitative estimate of drug-likeness (QED) is 0.777. The van der Waals surface area contributed by atoms with Crippen LogP contribution in [0.15, 0.2) is 16.6 Å². The third-order valence-corrected chi connectivity index (χ3v) is 4.85. The zero-order valence-electron chi connectivity index (χ0n) is 14.9. The van der Waals surface area contributed by atoms with Gasteiger partial charge in [0.1, 0.15) is 11.4 Å². The molecule has 0 saturated heterocycles. The number of rotatable bonds is 3. The Bertz CT molecular complexity index is 808. The molecular formula is C19H24BrFN2O2. The molecule has 4 nitrogen and oxygen atoms in total. The first kappa shape index (κ1) is 18.2. The van der Waals surface area contributed by atoms with Gasteiger partial charge in [-0.15, -0.1) is 0 Å². The standard InChI is InChI=1S/C19H24BrFN2O2/c1-19(2,3)25-18(24)22-8-9-23-16-7-5-4-6-13(16)14-10-12(20)11-15(21)17(14)23/h10-11H,4-9H2,1-3H3,(H,22,24). The van der Waals surface area contributed by atoms with Crippen molar-refractivity contribution in [3.8, 4) is 0 Å². The molecule has 25 heavy (non-hydrogen) atoms. The summed E-state index contributed by atoms with van der Waals surface area (Å²) in [5, 5.41) is 3.75. The summed E-state index contributed by atoms with van der Waals surface area (Å²) in [5.74, 6) is -0.226. The molecule has 1 aliphatic carbocycles. The van der Waals surface area contributed by atoms with Gasteiger partial charge in [0, 0.05) is 28.6 Å². The first-order valence-electron chi connectivity index (χ1n) is 8.72. The van der Waals surface area contributed by atoms with Gasteiger partial charge in [-0.25, -0.2) is 9.18 Å². The molecule has 1 heterocycles. The van der Waals surface area contributed by atoms with Crippen LogP contribution in [0.2, 0.25) is 0 Å². The van der Waals surface area contributed by atoms with Gasteiger partial charge in [0.15, 0.2) is 0 Å². The monoisotopic (exact) mass is 410 g/mol. The average molecular weight is 411 g/mol. The number of halogens is 2. The Labute approximate surface area is 155 Å². The number of nitrogens with zero attached hydrogens (tertiary/aromatic N) is 1. The molecule has 0 aliphatic heterocycles. The third kappa shape index (κ3) is 4.00. The lowest BCUT2D eigenvalue weighted by Gasteiger charge is -2.20. The molecule has 0 unspecified atom stereocenters. The van der Waals surface area contributed by atoms with E-state index in [4.69, 9.17) is 4.74 Å². The number of aryl methyl sites for hydroxylation is 1. The number of hydrogen-bond acceptors (Lipinski definition) is 2. The van der Waals surface area contributed by atoms with Crippen LogP contribution in [0.5, 0.6) is 0 Å². The molecule has 0 radical (unpaired) electrons. The Hall–Kier alpha value is -1.56. The number of amides is 1. The number of carbonyl (C=O) groups excluding carboxylic acids is 1. The maximum Gasteiger partial charge on any atom is 0.407 e. The van der Waals surface area contributed by atoms with Gasteiger partial charge in [-0.05, 0) is 64.2 Å². The van der Waals surface area contributed by atoms with Crippen LogP contribution in [-0.4, -0.2) is 22.8 Å². The minimum Gasteiger partial charge on any atom is -0.444 e. The molecule has 0 spiro atoms. The van der Waals surface area contributed by atoms with Gasteiger partial charge in [-0.1, -0.05) is 15.9 Å². The Morgan fingerprint density at radius 2 is 2.04 bits per heavy atom. The Balaban J connectivity index is 1.85. The zero-order chi connectivity index (χ0) is 18.2. The largest absolute Gasteiger partial charge is 0.444 e. The summed E-state index contributed by atoms with van der Waals surface area (Å²) in [5.41, 5.74) is 2.56. The van der Waals surface area contributed by atoms with E-state index >= 15 is 0 Å². The van der Waals surface area contributed by atoms with Crippen molar-refractivity contribution in [3.63, 3.8) is 0 Å². The minimum atomic E-state index is -0.526. The number of ether oxygens (including phenoxy) is 1. The van der Waals surface area contributed by atoms with E-state index in [0.717, 1.165) is 35.5 Å². The predicted octanol–water partition coefficient (Wildman–Crippen LogP) is 4.95. The van der Waals surface area contributed by atoms with E-state index < -0.39 is 11.7 Å². The van der Waals surface area contributed by atoms with Gasteiger partial charge in [0.2, 0.25) is 0 Å². The molecule has 1 aromatic heterocycles. The molecule has 0 fully saturated rings. The first-order chi connectivity index (χ1) is 11.8. The number of alkyl carbamates (subject to hydrolysis) is 1. The lowest BCUT2D eigenvalue weighted by atomic mass is 9.95. The second-order valence-corrected chi connectivity index (χ2v) is 8.41. The average Bonchev–Trinajstić information content (AvgIpc) is 2.80. The van der Waals surface area contributed by atoms with E-state index in [2.05, 4.69) is 21.2 Å². The highest BCUT2D eigenvalue weighted by atomic mass is 79.9. The van der Waals surface area contributed by atoms with Crippen LogP contribution in [0.25, 0.3) is 10.9 Å². The maximum atomic E-state index is 14.6. The molecule has 0 bridgehead atoms. The van der Waals surface area contributed by atoms with Gasteiger partial charge >= 0.3 is 6.09 Å². The van der Waals surface area contributed by atoms with Crippen molar-refractivity contribution < 1.29 is 13.9 Å². The number of nitrogens with one attached hydrogen (secondary N) is 1. The fourth-order valence-electron chi connectivity index (χ4n) is 3.51. The van der Waals surface area contributed by atoms with Crippen molar-refractivity contribution in [2.24, 2.45) is 0 Å². The summed E-state index contributed by atoms with van der Waals surface area (Å²) in [6, 6.07) is 3.51. The van der Waals surface area contributed by atoms with Crippen LogP contribution in [0.4, 0.5) is 9.18 Å². The van der Waals surface area contributed by atoms with Crippen LogP contribution in [0.3, 0.4) is 0 Å². The van der Waals surface area contributed by atoms with E-state index in [1.807, 2.05) is 31.4 Å². The van der Waals surface area contributed by atoms with Crippen LogP contribution in [0.1, 0.15) is 44.9 Å². The number of aromatic nitrogens is 1. The van der Waals surface area contributed by atoms with Crippen LogP contribution in [0, 0.1) is 5.82 Å². The van der Waals surface area contributed by atoms with Crippen molar-refractivity contribution in [3.05, 3.63) is 33.7 Å². The number of benzene rings is 1. The minimum absolute atomic E-state index is 0.226. The Morgan fingerprint density at radius 3 is 2.76 bits per heavy atom. The summed E-state index contributed by atoms with van der Waals surface area (Å²) in [6.07, 6.45) is 3.74. The van der Waals surface area contributed by atoms with E-state index in [0.29, 0.717) is 18.6 Å². The maximum absolute atomic E-state index is 14.6. The van der Waals surface area contributed by atoms with Gasteiger partial charge in [0.25, 0.3) is 0 Å². The van der Waals surface area contributed by atoms with E-state index in [1.165, 1.54) is 17.3 Å². The normalized spacial score (nSPS) is 14.4. The molecule has 136 valence electrons. The fraction of sp³-hybridized carbons (Fsp3) is 0.526. The predicted molar refractivity (Wildman–Crippen MR) is 100 cm³/mol. The topological polar surface area (TPSA) is 43.3 Å². The second kappa shape index (κ2) is 6.98. The number of carbonyl (C=O) groups is 1. The van der Waals surface area contributed by atoms with E-state index in [9.17, 15) is 9.18 Å². The number of fused-ring (bicyclic) bond motifs is 3. The van der Waals surface area contributed by atoms with Gasteiger partial charge < -0.3 is 14.6 Å². The van der Waals surface area contributed by atoms with Gasteiger partial charge in [0.05, 0.1) is 5.52 Å². The molecule has 3 rings (SSSR count). The molecule has 6 heteroatoms. The SMILES string of the molecule is CC(C)(C)OC(=O)NCCn1c2c(c3cc(Br)cc(F)c31)CCCC2. The van der Waals surface area contributed by atoms with Crippen molar-refractivity contribution in [2.75, 3.05) is 6.54 Å².